The van der Waals surface area contributed by atoms with Gasteiger partial charge in [-0.05, 0) is 18.6 Å². The van der Waals surface area contributed by atoms with E-state index in [0.29, 0.717) is 5.56 Å². The summed E-state index contributed by atoms with van der Waals surface area (Å²) in [5, 5.41) is 8.36. The van der Waals surface area contributed by atoms with E-state index in [1.54, 1.807) is 13.0 Å². The van der Waals surface area contributed by atoms with Gasteiger partial charge in [-0.15, -0.1) is 0 Å². The summed E-state index contributed by atoms with van der Waals surface area (Å²) in [6.07, 6.45) is 1.41. The molecule has 1 aromatic heterocycles. The molecule has 0 fully saturated rings. The lowest BCUT2D eigenvalue weighted by Gasteiger charge is -2.03. The van der Waals surface area contributed by atoms with E-state index in [2.05, 4.69) is 4.98 Å². The van der Waals surface area contributed by atoms with Crippen molar-refractivity contribution in [3.63, 3.8) is 0 Å². The minimum atomic E-state index is -0.618. The molecular weight excluding hydrogens is 157 g/mol. The van der Waals surface area contributed by atoms with E-state index in [9.17, 15) is 4.39 Å². The van der Waals surface area contributed by atoms with Gasteiger partial charge >= 0.3 is 0 Å². The maximum atomic E-state index is 12.9. The Morgan fingerprint density at radius 3 is 2.83 bits per heavy atom. The SMILES string of the molecule is C[C@@H](N)c1cnc(C#N)c(F)c1. The van der Waals surface area contributed by atoms with Gasteiger partial charge in [0.2, 0.25) is 0 Å². The zero-order chi connectivity index (χ0) is 9.14. The third-order valence-corrected chi connectivity index (χ3v) is 1.49. The average molecular weight is 165 g/mol. The third kappa shape index (κ3) is 1.57. The summed E-state index contributed by atoms with van der Waals surface area (Å²) in [6, 6.07) is 2.60. The van der Waals surface area contributed by atoms with Gasteiger partial charge in [0.1, 0.15) is 6.07 Å². The summed E-state index contributed by atoms with van der Waals surface area (Å²) in [4.78, 5) is 3.60. The van der Waals surface area contributed by atoms with E-state index in [-0.39, 0.29) is 11.7 Å². The zero-order valence-electron chi connectivity index (χ0n) is 6.58. The van der Waals surface area contributed by atoms with Gasteiger partial charge in [-0.2, -0.15) is 5.26 Å². The molecule has 62 valence electrons. The molecule has 0 aliphatic heterocycles. The molecule has 0 amide bonds. The fourth-order valence-corrected chi connectivity index (χ4v) is 0.784. The van der Waals surface area contributed by atoms with Crippen LogP contribution in [0.5, 0.6) is 0 Å². The molecule has 0 saturated carbocycles. The summed E-state index contributed by atoms with van der Waals surface area (Å²) in [5.74, 6) is -0.618. The number of hydrogen-bond donors (Lipinski definition) is 1. The van der Waals surface area contributed by atoms with E-state index in [0.717, 1.165) is 0 Å². The molecule has 0 aromatic carbocycles. The molecule has 0 aliphatic carbocycles. The van der Waals surface area contributed by atoms with Crippen LogP contribution in [-0.2, 0) is 0 Å². The highest BCUT2D eigenvalue weighted by Gasteiger charge is 2.06. The highest BCUT2D eigenvalue weighted by molar-refractivity contribution is 5.26. The first-order chi connectivity index (χ1) is 5.65. The highest BCUT2D eigenvalue weighted by Crippen LogP contribution is 2.11. The molecule has 0 unspecified atom stereocenters. The van der Waals surface area contributed by atoms with E-state index >= 15 is 0 Å². The normalized spacial score (nSPS) is 12.2. The Morgan fingerprint density at radius 1 is 1.75 bits per heavy atom. The van der Waals surface area contributed by atoms with Crippen LogP contribution in [-0.4, -0.2) is 4.98 Å². The van der Waals surface area contributed by atoms with E-state index in [4.69, 9.17) is 11.0 Å². The van der Waals surface area contributed by atoms with Crippen LogP contribution in [0.15, 0.2) is 12.3 Å². The van der Waals surface area contributed by atoms with Gasteiger partial charge in [0.25, 0.3) is 0 Å². The molecule has 1 atom stereocenters. The maximum Gasteiger partial charge on any atom is 0.176 e. The maximum absolute atomic E-state index is 12.9. The van der Waals surface area contributed by atoms with Crippen molar-refractivity contribution in [1.29, 1.82) is 5.26 Å². The van der Waals surface area contributed by atoms with Gasteiger partial charge in [-0.3, -0.25) is 0 Å². The molecule has 0 saturated heterocycles. The van der Waals surface area contributed by atoms with Crippen LogP contribution in [0.1, 0.15) is 24.2 Å². The first-order valence-electron chi connectivity index (χ1n) is 3.46. The number of nitriles is 1. The fraction of sp³-hybridized carbons (Fsp3) is 0.250. The number of rotatable bonds is 1. The molecular formula is C8H8FN3. The van der Waals surface area contributed by atoms with Gasteiger partial charge < -0.3 is 5.73 Å². The molecule has 3 nitrogen and oxygen atoms in total. The number of nitrogens with zero attached hydrogens (tertiary/aromatic N) is 2. The summed E-state index contributed by atoms with van der Waals surface area (Å²) in [7, 11) is 0. The van der Waals surface area contributed by atoms with Gasteiger partial charge in [-0.1, -0.05) is 0 Å². The van der Waals surface area contributed by atoms with Crippen LogP contribution in [0.25, 0.3) is 0 Å². The van der Waals surface area contributed by atoms with Gasteiger partial charge in [0, 0.05) is 12.2 Å². The molecule has 0 spiro atoms. The van der Waals surface area contributed by atoms with Crippen LogP contribution in [0.2, 0.25) is 0 Å². The second kappa shape index (κ2) is 3.28. The number of pyridine rings is 1. The highest BCUT2D eigenvalue weighted by atomic mass is 19.1. The quantitative estimate of drug-likeness (QED) is 0.678. The van der Waals surface area contributed by atoms with Crippen molar-refractivity contribution >= 4 is 0 Å². The molecule has 12 heavy (non-hydrogen) atoms. The Morgan fingerprint density at radius 2 is 2.42 bits per heavy atom. The largest absolute Gasteiger partial charge is 0.324 e. The Balaban J connectivity index is 3.12. The van der Waals surface area contributed by atoms with Crippen molar-refractivity contribution in [1.82, 2.24) is 4.98 Å². The van der Waals surface area contributed by atoms with Crippen LogP contribution in [0, 0.1) is 17.1 Å². The van der Waals surface area contributed by atoms with Crippen molar-refractivity contribution in [2.24, 2.45) is 5.73 Å². The van der Waals surface area contributed by atoms with Crippen molar-refractivity contribution in [3.05, 3.63) is 29.3 Å². The van der Waals surface area contributed by atoms with Crippen LogP contribution >= 0.6 is 0 Å². The van der Waals surface area contributed by atoms with Crippen LogP contribution < -0.4 is 5.73 Å². The zero-order valence-corrected chi connectivity index (χ0v) is 6.58. The molecule has 0 bridgehead atoms. The number of hydrogen-bond acceptors (Lipinski definition) is 3. The monoisotopic (exact) mass is 165 g/mol. The summed E-state index contributed by atoms with van der Waals surface area (Å²) >= 11 is 0. The number of nitrogens with two attached hydrogens (primary N) is 1. The van der Waals surface area contributed by atoms with Gasteiger partial charge in [-0.25, -0.2) is 9.37 Å². The fourth-order valence-electron chi connectivity index (χ4n) is 0.784. The van der Waals surface area contributed by atoms with Crippen LogP contribution in [0.3, 0.4) is 0 Å². The minimum absolute atomic E-state index is 0.195. The molecule has 1 heterocycles. The molecule has 1 rings (SSSR count). The Hall–Kier alpha value is -1.47. The molecule has 1 aromatic rings. The van der Waals surface area contributed by atoms with Crippen molar-refractivity contribution in [2.45, 2.75) is 13.0 Å². The van der Waals surface area contributed by atoms with E-state index in [1.165, 1.54) is 12.3 Å². The minimum Gasteiger partial charge on any atom is -0.324 e. The van der Waals surface area contributed by atoms with Gasteiger partial charge in [0.05, 0.1) is 0 Å². The smallest absolute Gasteiger partial charge is 0.176 e. The first kappa shape index (κ1) is 8.62. The standard InChI is InChI=1S/C8H8FN3/c1-5(11)6-2-7(9)8(3-10)12-4-6/h2,4-5H,11H2,1H3/t5-/m1/s1. The number of aromatic nitrogens is 1. The van der Waals surface area contributed by atoms with E-state index in [1.807, 2.05) is 0 Å². The van der Waals surface area contributed by atoms with E-state index < -0.39 is 5.82 Å². The molecule has 2 N–H and O–H groups in total. The Bertz CT molecular complexity index is 328. The Labute approximate surface area is 69.6 Å². The lowest BCUT2D eigenvalue weighted by atomic mass is 10.1. The lowest BCUT2D eigenvalue weighted by Crippen LogP contribution is -2.06. The van der Waals surface area contributed by atoms with Gasteiger partial charge in [0.15, 0.2) is 11.5 Å². The summed E-state index contributed by atoms with van der Waals surface area (Å²) in [5.41, 5.74) is 5.88. The third-order valence-electron chi connectivity index (χ3n) is 1.49. The van der Waals surface area contributed by atoms with Crippen molar-refractivity contribution in [3.8, 4) is 6.07 Å². The molecule has 4 heteroatoms. The average Bonchev–Trinajstić information content (AvgIpc) is 2.04. The first-order valence-corrected chi connectivity index (χ1v) is 3.46. The second-order valence-corrected chi connectivity index (χ2v) is 2.50. The predicted octanol–water partition coefficient (Wildman–Crippen LogP) is 1.11. The molecule has 0 radical (unpaired) electrons. The van der Waals surface area contributed by atoms with Crippen molar-refractivity contribution < 1.29 is 4.39 Å². The topological polar surface area (TPSA) is 62.7 Å². The predicted molar refractivity (Wildman–Crippen MR) is 41.5 cm³/mol. The summed E-state index contributed by atoms with van der Waals surface area (Å²) in [6.45, 7) is 1.72. The summed E-state index contributed by atoms with van der Waals surface area (Å²) < 4.78 is 12.9. The number of halogens is 1. The lowest BCUT2D eigenvalue weighted by molar-refractivity contribution is 0.610. The second-order valence-electron chi connectivity index (χ2n) is 2.50. The molecule has 0 aliphatic rings. The Kier molecular flexibility index (Phi) is 2.36. The van der Waals surface area contributed by atoms with Crippen molar-refractivity contribution in [2.75, 3.05) is 0 Å². The van der Waals surface area contributed by atoms with Crippen LogP contribution in [0.4, 0.5) is 4.39 Å².